The van der Waals surface area contributed by atoms with Crippen molar-refractivity contribution in [3.63, 3.8) is 0 Å². The van der Waals surface area contributed by atoms with Crippen LogP contribution in [0.4, 0.5) is 0 Å². The minimum Gasteiger partial charge on any atom is -0.497 e. The van der Waals surface area contributed by atoms with E-state index in [-0.39, 0.29) is 18.1 Å². The van der Waals surface area contributed by atoms with Gasteiger partial charge >= 0.3 is 5.97 Å². The zero-order valence-corrected chi connectivity index (χ0v) is 12.7. The van der Waals surface area contributed by atoms with E-state index in [1.807, 2.05) is 0 Å². The molecular formula is C14H18O6S. The first-order valence-corrected chi connectivity index (χ1v) is 8.12. The Kier molecular flexibility index (Phi) is 6.23. The van der Waals surface area contributed by atoms with Crippen LogP contribution in [0.5, 0.6) is 11.5 Å². The Hall–Kier alpha value is -2.02. The van der Waals surface area contributed by atoms with E-state index < -0.39 is 15.8 Å². The van der Waals surface area contributed by atoms with Crippen molar-refractivity contribution in [3.05, 3.63) is 29.8 Å². The first kappa shape index (κ1) is 17.0. The predicted molar refractivity (Wildman–Crippen MR) is 79.5 cm³/mol. The van der Waals surface area contributed by atoms with Gasteiger partial charge in [0.15, 0.2) is 9.84 Å². The van der Waals surface area contributed by atoms with Gasteiger partial charge in [-0.3, -0.25) is 0 Å². The smallest absolute Gasteiger partial charge is 0.328 e. The Morgan fingerprint density at radius 2 is 2.10 bits per heavy atom. The molecule has 0 saturated carbocycles. The molecule has 0 spiro atoms. The first-order valence-electron chi connectivity index (χ1n) is 6.30. The average Bonchev–Trinajstić information content (AvgIpc) is 2.45. The van der Waals surface area contributed by atoms with Crippen molar-refractivity contribution in [2.24, 2.45) is 0 Å². The molecule has 0 aromatic heterocycles. The highest BCUT2D eigenvalue weighted by molar-refractivity contribution is 7.91. The molecule has 0 radical (unpaired) electrons. The van der Waals surface area contributed by atoms with Crippen LogP contribution in [0.25, 0.3) is 6.08 Å². The number of carboxylic acids is 1. The highest BCUT2D eigenvalue weighted by atomic mass is 32.2. The third-order valence-corrected chi connectivity index (χ3v) is 4.39. The summed E-state index contributed by atoms with van der Waals surface area (Å²) >= 11 is 0. The third-order valence-electron chi connectivity index (χ3n) is 2.72. The number of benzene rings is 1. The van der Waals surface area contributed by atoms with Crippen molar-refractivity contribution < 1.29 is 27.8 Å². The van der Waals surface area contributed by atoms with E-state index in [9.17, 15) is 13.2 Å². The van der Waals surface area contributed by atoms with Crippen LogP contribution in [-0.4, -0.2) is 44.7 Å². The molecule has 21 heavy (non-hydrogen) atoms. The summed E-state index contributed by atoms with van der Waals surface area (Å²) in [6.07, 6.45) is 2.36. The van der Waals surface area contributed by atoms with Crippen LogP contribution in [0, 0.1) is 0 Å². The molecule has 0 aliphatic heterocycles. The summed E-state index contributed by atoms with van der Waals surface area (Å²) in [6.45, 7) is 1.57. The molecule has 1 rings (SSSR count). The van der Waals surface area contributed by atoms with E-state index in [2.05, 4.69) is 0 Å². The Morgan fingerprint density at radius 3 is 2.67 bits per heavy atom. The number of ether oxygens (including phenoxy) is 2. The predicted octanol–water partition coefficient (Wildman–Crippen LogP) is 1.61. The van der Waals surface area contributed by atoms with Gasteiger partial charge in [0.1, 0.15) is 18.1 Å². The lowest BCUT2D eigenvalue weighted by Gasteiger charge is -2.11. The summed E-state index contributed by atoms with van der Waals surface area (Å²) < 4.78 is 33.3. The van der Waals surface area contributed by atoms with Gasteiger partial charge in [-0.2, -0.15) is 0 Å². The fraction of sp³-hybridized carbons (Fsp3) is 0.357. The molecule has 6 nitrogen and oxygen atoms in total. The summed E-state index contributed by atoms with van der Waals surface area (Å²) in [6, 6.07) is 4.89. The van der Waals surface area contributed by atoms with Crippen molar-refractivity contribution >= 4 is 21.9 Å². The lowest BCUT2D eigenvalue weighted by molar-refractivity contribution is -0.131. The molecule has 0 aliphatic rings. The molecule has 0 bridgehead atoms. The van der Waals surface area contributed by atoms with Crippen molar-refractivity contribution in [2.75, 3.05) is 25.2 Å². The Balaban J connectivity index is 2.89. The standard InChI is InChI=1S/C14H18O6S/c1-3-21(17,18)9-8-20-13-10-12(19-2)6-4-11(13)5-7-14(15)16/h4-7,10H,3,8-9H2,1-2H3,(H,15,16)/b7-5+. The Morgan fingerprint density at radius 1 is 1.38 bits per heavy atom. The molecule has 1 aromatic rings. The number of methoxy groups -OCH3 is 1. The van der Waals surface area contributed by atoms with E-state index in [4.69, 9.17) is 14.6 Å². The summed E-state index contributed by atoms with van der Waals surface area (Å²) in [7, 11) is -1.62. The molecular weight excluding hydrogens is 296 g/mol. The molecule has 0 amide bonds. The van der Waals surface area contributed by atoms with E-state index in [0.29, 0.717) is 17.1 Å². The second-order valence-corrected chi connectivity index (χ2v) is 6.63. The van der Waals surface area contributed by atoms with Crippen LogP contribution in [0.15, 0.2) is 24.3 Å². The number of hydrogen-bond donors (Lipinski definition) is 1. The highest BCUT2D eigenvalue weighted by Crippen LogP contribution is 2.26. The van der Waals surface area contributed by atoms with Crippen LogP contribution in [0.3, 0.4) is 0 Å². The number of aliphatic carboxylic acids is 1. The maximum absolute atomic E-state index is 11.4. The van der Waals surface area contributed by atoms with Crippen molar-refractivity contribution in [1.29, 1.82) is 0 Å². The summed E-state index contributed by atoms with van der Waals surface area (Å²) in [5.74, 6) is -0.206. The highest BCUT2D eigenvalue weighted by Gasteiger charge is 2.09. The van der Waals surface area contributed by atoms with Crippen LogP contribution in [0.2, 0.25) is 0 Å². The first-order chi connectivity index (χ1) is 9.88. The molecule has 0 fully saturated rings. The van der Waals surface area contributed by atoms with Crippen molar-refractivity contribution in [3.8, 4) is 11.5 Å². The fourth-order valence-electron chi connectivity index (χ4n) is 1.49. The van der Waals surface area contributed by atoms with Gasteiger partial charge in [-0.05, 0) is 18.2 Å². The van der Waals surface area contributed by atoms with Crippen LogP contribution in [0.1, 0.15) is 12.5 Å². The maximum atomic E-state index is 11.4. The molecule has 1 aromatic carbocycles. The Labute approximate surface area is 123 Å². The summed E-state index contributed by atoms with van der Waals surface area (Å²) in [5.41, 5.74) is 0.534. The van der Waals surface area contributed by atoms with Gasteiger partial charge < -0.3 is 14.6 Å². The lowest BCUT2D eigenvalue weighted by atomic mass is 10.1. The largest absolute Gasteiger partial charge is 0.497 e. The monoisotopic (exact) mass is 314 g/mol. The molecule has 0 saturated heterocycles. The summed E-state index contributed by atoms with van der Waals surface area (Å²) in [4.78, 5) is 10.6. The van der Waals surface area contributed by atoms with Gasteiger partial charge in [0.05, 0.1) is 12.9 Å². The lowest BCUT2D eigenvalue weighted by Crippen LogP contribution is -2.15. The minimum atomic E-state index is -3.11. The van der Waals surface area contributed by atoms with E-state index >= 15 is 0 Å². The number of sulfone groups is 1. The van der Waals surface area contributed by atoms with Gasteiger partial charge in [-0.25, -0.2) is 13.2 Å². The molecule has 7 heteroatoms. The third kappa shape index (κ3) is 5.86. The Bertz CT molecular complexity index is 618. The zero-order valence-electron chi connectivity index (χ0n) is 11.9. The SMILES string of the molecule is CCS(=O)(=O)CCOc1cc(OC)ccc1/C=C/C(=O)O. The minimum absolute atomic E-state index is 0.00273. The zero-order chi connectivity index (χ0) is 15.9. The fourth-order valence-corrected chi connectivity index (χ4v) is 2.11. The molecule has 0 aliphatic carbocycles. The molecule has 0 atom stereocenters. The molecule has 0 unspecified atom stereocenters. The molecule has 116 valence electrons. The summed E-state index contributed by atoms with van der Waals surface area (Å²) in [5, 5.41) is 8.65. The van der Waals surface area contributed by atoms with Crippen molar-refractivity contribution in [1.82, 2.24) is 0 Å². The quantitative estimate of drug-likeness (QED) is 0.733. The topological polar surface area (TPSA) is 89.9 Å². The maximum Gasteiger partial charge on any atom is 0.328 e. The number of hydrogen-bond acceptors (Lipinski definition) is 5. The van der Waals surface area contributed by atoms with E-state index in [1.54, 1.807) is 25.1 Å². The number of carbonyl (C=O) groups is 1. The van der Waals surface area contributed by atoms with Gasteiger partial charge in [0, 0.05) is 23.5 Å². The second-order valence-electron chi connectivity index (χ2n) is 4.16. The van der Waals surface area contributed by atoms with E-state index in [0.717, 1.165) is 6.08 Å². The van der Waals surface area contributed by atoms with Crippen LogP contribution < -0.4 is 9.47 Å². The molecule has 0 heterocycles. The van der Waals surface area contributed by atoms with Gasteiger partial charge in [-0.1, -0.05) is 6.92 Å². The van der Waals surface area contributed by atoms with Crippen LogP contribution >= 0.6 is 0 Å². The van der Waals surface area contributed by atoms with Gasteiger partial charge in [0.25, 0.3) is 0 Å². The second kappa shape index (κ2) is 7.68. The normalized spacial score (nSPS) is 11.5. The van der Waals surface area contributed by atoms with E-state index in [1.165, 1.54) is 13.2 Å². The molecule has 1 N–H and O–H groups in total. The van der Waals surface area contributed by atoms with Gasteiger partial charge in [-0.15, -0.1) is 0 Å². The average molecular weight is 314 g/mol. The van der Waals surface area contributed by atoms with Gasteiger partial charge in [0.2, 0.25) is 0 Å². The number of carboxylic acid groups (broad SMARTS) is 1. The number of rotatable bonds is 8. The van der Waals surface area contributed by atoms with Crippen LogP contribution in [-0.2, 0) is 14.6 Å². The van der Waals surface area contributed by atoms with Crippen molar-refractivity contribution in [2.45, 2.75) is 6.92 Å².